The monoisotopic (exact) mass is 181 g/mol. The average molecular weight is 181 g/mol. The predicted molar refractivity (Wildman–Crippen MR) is 43.4 cm³/mol. The van der Waals surface area contributed by atoms with Crippen LogP contribution in [0.2, 0.25) is 0 Å². The molecule has 0 aliphatic carbocycles. The zero-order valence-electron chi connectivity index (χ0n) is 7.23. The normalized spacial score (nSPS) is 43.1. The number of nitrogens with zero attached hydrogens (tertiary/aromatic N) is 1. The van der Waals surface area contributed by atoms with Gasteiger partial charge in [0.1, 0.15) is 0 Å². The van der Waals surface area contributed by atoms with Gasteiger partial charge in [0.05, 0.1) is 0 Å². The molecule has 0 N–H and O–H groups in total. The lowest BCUT2D eigenvalue weighted by Crippen LogP contribution is -2.30. The summed E-state index contributed by atoms with van der Waals surface area (Å²) in [6, 6.07) is 0.440. The topological polar surface area (TPSA) is 38.8 Å². The molecule has 3 aliphatic heterocycles. The molecule has 13 heavy (non-hydrogen) atoms. The van der Waals surface area contributed by atoms with Gasteiger partial charge in [-0.3, -0.25) is 0 Å². The zero-order chi connectivity index (χ0) is 8.89. The Labute approximate surface area is 76.1 Å². The standard InChI is InChI=1S/C9H11NO3/c11-8-3-4-9(12-8)6-7-2-1-5-10(7)13-9/h3-4,7H,1-2,5-6H2/t7-,9-/m1/s1. The quantitative estimate of drug-likeness (QED) is 0.513. The zero-order valence-corrected chi connectivity index (χ0v) is 7.23. The Morgan fingerprint density at radius 1 is 1.62 bits per heavy atom. The lowest BCUT2D eigenvalue weighted by atomic mass is 10.1. The van der Waals surface area contributed by atoms with E-state index in [-0.39, 0.29) is 5.97 Å². The summed E-state index contributed by atoms with van der Waals surface area (Å²) in [7, 11) is 0. The van der Waals surface area contributed by atoms with Crippen LogP contribution in [0.15, 0.2) is 12.2 Å². The highest BCUT2D eigenvalue weighted by Gasteiger charge is 2.50. The predicted octanol–water partition coefficient (Wildman–Crippen LogP) is 0.595. The van der Waals surface area contributed by atoms with Crippen LogP contribution in [0.3, 0.4) is 0 Å². The smallest absolute Gasteiger partial charge is 0.333 e. The van der Waals surface area contributed by atoms with Gasteiger partial charge in [-0.05, 0) is 18.9 Å². The van der Waals surface area contributed by atoms with E-state index in [0.717, 1.165) is 19.4 Å². The molecule has 0 amide bonds. The van der Waals surface area contributed by atoms with Gasteiger partial charge in [0.15, 0.2) is 0 Å². The molecule has 3 aliphatic rings. The number of carbonyl (C=O) groups excluding carboxylic acids is 1. The highest BCUT2D eigenvalue weighted by molar-refractivity contribution is 5.84. The van der Waals surface area contributed by atoms with Gasteiger partial charge in [-0.15, -0.1) is 0 Å². The van der Waals surface area contributed by atoms with Gasteiger partial charge in [-0.1, -0.05) is 0 Å². The maximum Gasteiger partial charge on any atom is 0.333 e. The first-order valence-electron chi connectivity index (χ1n) is 4.65. The van der Waals surface area contributed by atoms with Crippen LogP contribution in [0.5, 0.6) is 0 Å². The highest BCUT2D eigenvalue weighted by Crippen LogP contribution is 2.40. The fourth-order valence-electron chi connectivity index (χ4n) is 2.29. The van der Waals surface area contributed by atoms with Gasteiger partial charge in [-0.2, -0.15) is 5.06 Å². The van der Waals surface area contributed by atoms with Crippen molar-refractivity contribution < 1.29 is 14.4 Å². The second-order valence-corrected chi connectivity index (χ2v) is 3.80. The minimum absolute atomic E-state index is 0.291. The summed E-state index contributed by atoms with van der Waals surface area (Å²) in [6.45, 7) is 0.956. The van der Waals surface area contributed by atoms with E-state index in [1.807, 2.05) is 5.06 Å². The van der Waals surface area contributed by atoms with Crippen molar-refractivity contribution in [3.05, 3.63) is 12.2 Å². The lowest BCUT2D eigenvalue weighted by Gasteiger charge is -2.20. The van der Waals surface area contributed by atoms with Gasteiger partial charge in [0.25, 0.3) is 5.79 Å². The minimum Gasteiger partial charge on any atom is -0.424 e. The Balaban J connectivity index is 1.82. The van der Waals surface area contributed by atoms with E-state index in [0.29, 0.717) is 6.04 Å². The minimum atomic E-state index is -0.748. The molecule has 0 aromatic rings. The second kappa shape index (κ2) is 2.33. The Kier molecular flexibility index (Phi) is 1.35. The van der Waals surface area contributed by atoms with Crippen molar-refractivity contribution in [3.63, 3.8) is 0 Å². The molecule has 0 unspecified atom stereocenters. The molecule has 2 atom stereocenters. The maximum atomic E-state index is 10.9. The van der Waals surface area contributed by atoms with Crippen molar-refractivity contribution in [2.45, 2.75) is 31.1 Å². The van der Waals surface area contributed by atoms with Gasteiger partial charge in [0, 0.05) is 25.1 Å². The fourth-order valence-corrected chi connectivity index (χ4v) is 2.29. The van der Waals surface area contributed by atoms with Crippen LogP contribution >= 0.6 is 0 Å². The Morgan fingerprint density at radius 2 is 2.54 bits per heavy atom. The third kappa shape index (κ3) is 1.02. The number of hydroxylamine groups is 2. The number of hydrogen-bond acceptors (Lipinski definition) is 4. The molecule has 2 saturated heterocycles. The van der Waals surface area contributed by atoms with Gasteiger partial charge < -0.3 is 4.74 Å². The molecule has 1 spiro atoms. The summed E-state index contributed by atoms with van der Waals surface area (Å²) < 4.78 is 5.13. The van der Waals surface area contributed by atoms with Gasteiger partial charge in [0.2, 0.25) is 0 Å². The summed E-state index contributed by atoms with van der Waals surface area (Å²) in [6.07, 6.45) is 6.29. The third-order valence-corrected chi connectivity index (χ3v) is 2.86. The van der Waals surface area contributed by atoms with Crippen LogP contribution in [-0.2, 0) is 14.4 Å². The van der Waals surface area contributed by atoms with E-state index in [1.54, 1.807) is 6.08 Å². The van der Waals surface area contributed by atoms with Crippen LogP contribution in [0.25, 0.3) is 0 Å². The summed E-state index contributed by atoms with van der Waals surface area (Å²) >= 11 is 0. The highest BCUT2D eigenvalue weighted by atomic mass is 16.8. The molecule has 0 saturated carbocycles. The summed E-state index contributed by atoms with van der Waals surface area (Å²) in [5.41, 5.74) is 0. The molecule has 3 rings (SSSR count). The SMILES string of the molecule is O=C1C=C[C@@]2(C[C@H]3CCCN3O2)O1. The van der Waals surface area contributed by atoms with E-state index >= 15 is 0 Å². The van der Waals surface area contributed by atoms with Crippen LogP contribution in [-0.4, -0.2) is 29.4 Å². The molecule has 0 bridgehead atoms. The number of rotatable bonds is 0. The van der Waals surface area contributed by atoms with Crippen molar-refractivity contribution in [2.24, 2.45) is 0 Å². The maximum absolute atomic E-state index is 10.9. The number of fused-ring (bicyclic) bond motifs is 1. The van der Waals surface area contributed by atoms with Gasteiger partial charge in [-0.25, -0.2) is 9.63 Å². The van der Waals surface area contributed by atoms with Crippen LogP contribution in [0.4, 0.5) is 0 Å². The first-order valence-corrected chi connectivity index (χ1v) is 4.65. The Hall–Kier alpha value is -0.870. The molecule has 2 fully saturated rings. The molecule has 0 aromatic carbocycles. The third-order valence-electron chi connectivity index (χ3n) is 2.86. The van der Waals surface area contributed by atoms with E-state index in [1.165, 1.54) is 12.5 Å². The van der Waals surface area contributed by atoms with E-state index in [2.05, 4.69) is 0 Å². The lowest BCUT2D eigenvalue weighted by molar-refractivity contribution is -0.260. The molecule has 3 heterocycles. The Bertz CT molecular complexity index is 275. The molecular formula is C9H11NO3. The summed E-state index contributed by atoms with van der Waals surface area (Å²) in [5.74, 6) is -1.04. The number of carbonyl (C=O) groups is 1. The number of hydrogen-bond donors (Lipinski definition) is 0. The van der Waals surface area contributed by atoms with Crippen molar-refractivity contribution in [1.29, 1.82) is 0 Å². The van der Waals surface area contributed by atoms with Crippen LogP contribution < -0.4 is 0 Å². The molecule has 70 valence electrons. The largest absolute Gasteiger partial charge is 0.424 e. The van der Waals surface area contributed by atoms with Crippen molar-refractivity contribution in [3.8, 4) is 0 Å². The Morgan fingerprint density at radius 3 is 3.23 bits per heavy atom. The van der Waals surface area contributed by atoms with Crippen LogP contribution in [0.1, 0.15) is 19.3 Å². The van der Waals surface area contributed by atoms with Crippen molar-refractivity contribution in [1.82, 2.24) is 5.06 Å². The van der Waals surface area contributed by atoms with E-state index in [4.69, 9.17) is 9.57 Å². The fraction of sp³-hybridized carbons (Fsp3) is 0.667. The first-order chi connectivity index (χ1) is 6.27. The number of ether oxygens (including phenoxy) is 1. The number of esters is 1. The summed E-state index contributed by atoms with van der Waals surface area (Å²) in [4.78, 5) is 16.5. The molecule has 0 radical (unpaired) electrons. The molecule has 0 aromatic heterocycles. The molecule has 4 heteroatoms. The van der Waals surface area contributed by atoms with Gasteiger partial charge >= 0.3 is 5.97 Å². The summed E-state index contributed by atoms with van der Waals surface area (Å²) in [5, 5.41) is 1.95. The van der Waals surface area contributed by atoms with Crippen molar-refractivity contribution in [2.75, 3.05) is 6.54 Å². The van der Waals surface area contributed by atoms with E-state index < -0.39 is 5.79 Å². The van der Waals surface area contributed by atoms with E-state index in [9.17, 15) is 4.79 Å². The first kappa shape index (κ1) is 7.53. The molecular weight excluding hydrogens is 170 g/mol. The average Bonchev–Trinajstić information content (AvgIpc) is 2.67. The second-order valence-electron chi connectivity index (χ2n) is 3.80. The molecule has 4 nitrogen and oxygen atoms in total. The van der Waals surface area contributed by atoms with Crippen LogP contribution in [0, 0.1) is 0 Å². The van der Waals surface area contributed by atoms with Crippen molar-refractivity contribution >= 4 is 5.97 Å².